The van der Waals surface area contributed by atoms with Crippen molar-refractivity contribution in [2.24, 2.45) is 0 Å². The van der Waals surface area contributed by atoms with Crippen LogP contribution in [0, 0.1) is 0 Å². The molecule has 0 bridgehead atoms. The van der Waals surface area contributed by atoms with Crippen molar-refractivity contribution in [2.45, 2.75) is 38.4 Å². The molecule has 0 aliphatic carbocycles. The number of nitrogens with one attached hydrogen (secondary N) is 1. The Morgan fingerprint density at radius 3 is 2.35 bits per heavy atom. The van der Waals surface area contributed by atoms with Crippen LogP contribution >= 0.6 is 23.2 Å². The minimum Gasteiger partial charge on any atom is -0.508 e. The van der Waals surface area contributed by atoms with Crippen molar-refractivity contribution in [2.75, 3.05) is 19.7 Å². The quantitative estimate of drug-likeness (QED) is 0.233. The number of aliphatic hydroxyl groups is 2. The maximum Gasteiger partial charge on any atom is 0.121 e. The topological polar surface area (TPSA) is 82.0 Å². The van der Waals surface area contributed by atoms with Gasteiger partial charge in [0, 0.05) is 22.2 Å². The molecule has 182 valence electrons. The molecule has 1 unspecified atom stereocenters. The van der Waals surface area contributed by atoms with Gasteiger partial charge in [-0.25, -0.2) is 0 Å². The summed E-state index contributed by atoms with van der Waals surface area (Å²) in [5, 5.41) is 33.9. The summed E-state index contributed by atoms with van der Waals surface area (Å²) in [7, 11) is 0. The third kappa shape index (κ3) is 7.90. The van der Waals surface area contributed by atoms with Crippen LogP contribution < -0.4 is 10.1 Å². The summed E-state index contributed by atoms with van der Waals surface area (Å²) < 4.78 is 5.84. The van der Waals surface area contributed by atoms with E-state index < -0.39 is 6.10 Å². The van der Waals surface area contributed by atoms with Crippen LogP contribution in [0.5, 0.6) is 11.5 Å². The minimum atomic E-state index is -0.712. The molecule has 0 fully saturated rings. The lowest BCUT2D eigenvalue weighted by Gasteiger charge is -2.14. The predicted octanol–water partition coefficient (Wildman–Crippen LogP) is 5.46. The van der Waals surface area contributed by atoms with Crippen molar-refractivity contribution in [1.29, 1.82) is 0 Å². The molecule has 0 radical (unpaired) electrons. The third-order valence-electron chi connectivity index (χ3n) is 5.66. The Morgan fingerprint density at radius 2 is 1.65 bits per heavy atom. The van der Waals surface area contributed by atoms with Crippen molar-refractivity contribution in [1.82, 2.24) is 5.32 Å². The van der Waals surface area contributed by atoms with Gasteiger partial charge in [0.2, 0.25) is 0 Å². The van der Waals surface area contributed by atoms with E-state index >= 15 is 0 Å². The van der Waals surface area contributed by atoms with Gasteiger partial charge in [-0.15, -0.1) is 0 Å². The normalized spacial score (nSPS) is 12.0. The number of hydrogen-bond acceptors (Lipinski definition) is 5. The largest absolute Gasteiger partial charge is 0.508 e. The second kappa shape index (κ2) is 13.6. The zero-order valence-electron chi connectivity index (χ0n) is 19.0. The van der Waals surface area contributed by atoms with Crippen LogP contribution in [0.2, 0.25) is 10.0 Å². The monoisotopic (exact) mass is 503 g/mol. The highest BCUT2D eigenvalue weighted by Gasteiger charge is 2.10. The van der Waals surface area contributed by atoms with E-state index in [0.717, 1.165) is 37.0 Å². The highest BCUT2D eigenvalue weighted by molar-refractivity contribution is 6.35. The molecule has 0 amide bonds. The average molecular weight is 504 g/mol. The standard InChI is InChI=1S/C27H31Cl2NO4/c28-24-5-3-6-25(29)23(24)4-1-2-15-34-22-10-7-19(8-11-22)13-14-30-17-27(33)20-9-12-26(32)21(16-20)18-31/h3,5-12,16,27,30-33H,1-2,4,13-15,17-18H2. The number of aliphatic hydroxyl groups excluding tert-OH is 2. The van der Waals surface area contributed by atoms with E-state index in [2.05, 4.69) is 5.32 Å². The summed E-state index contributed by atoms with van der Waals surface area (Å²) in [6.45, 7) is 1.47. The molecule has 0 aliphatic heterocycles. The highest BCUT2D eigenvalue weighted by atomic mass is 35.5. The number of aromatic hydroxyl groups is 1. The fourth-order valence-electron chi connectivity index (χ4n) is 3.65. The third-order valence-corrected chi connectivity index (χ3v) is 6.37. The van der Waals surface area contributed by atoms with Gasteiger partial charge in [0.05, 0.1) is 19.3 Å². The molecule has 4 N–H and O–H groups in total. The Balaban J connectivity index is 1.32. The van der Waals surface area contributed by atoms with E-state index in [-0.39, 0.29) is 12.4 Å². The summed E-state index contributed by atoms with van der Waals surface area (Å²) in [5.41, 5.74) is 3.24. The lowest BCUT2D eigenvalue weighted by Crippen LogP contribution is -2.23. The number of phenols is 1. The lowest BCUT2D eigenvalue weighted by molar-refractivity contribution is 0.174. The molecule has 0 heterocycles. The van der Waals surface area contributed by atoms with E-state index in [9.17, 15) is 15.3 Å². The van der Waals surface area contributed by atoms with Crippen molar-refractivity contribution in [3.63, 3.8) is 0 Å². The van der Waals surface area contributed by atoms with Crippen molar-refractivity contribution < 1.29 is 20.1 Å². The lowest BCUT2D eigenvalue weighted by atomic mass is 10.1. The van der Waals surface area contributed by atoms with Gasteiger partial charge < -0.3 is 25.4 Å². The molecule has 0 spiro atoms. The summed E-state index contributed by atoms with van der Waals surface area (Å²) in [5.74, 6) is 0.871. The molecule has 0 saturated heterocycles. The fraction of sp³-hybridized carbons (Fsp3) is 0.333. The van der Waals surface area contributed by atoms with Gasteiger partial charge >= 0.3 is 0 Å². The Bertz CT molecular complexity index is 1020. The van der Waals surface area contributed by atoms with Crippen molar-refractivity contribution >= 4 is 23.2 Å². The average Bonchev–Trinajstić information content (AvgIpc) is 2.84. The van der Waals surface area contributed by atoms with Gasteiger partial charge in [-0.2, -0.15) is 0 Å². The molecular weight excluding hydrogens is 473 g/mol. The second-order valence-corrected chi connectivity index (χ2v) is 8.98. The number of rotatable bonds is 13. The Labute approximate surface area is 210 Å². The molecule has 3 aromatic carbocycles. The van der Waals surface area contributed by atoms with Crippen LogP contribution in [0.25, 0.3) is 0 Å². The minimum absolute atomic E-state index is 0.0286. The smallest absolute Gasteiger partial charge is 0.121 e. The maximum absolute atomic E-state index is 10.3. The van der Waals surface area contributed by atoms with Crippen molar-refractivity contribution in [3.05, 3.63) is 93.0 Å². The van der Waals surface area contributed by atoms with Crippen LogP contribution in [-0.4, -0.2) is 35.0 Å². The second-order valence-electron chi connectivity index (χ2n) is 8.17. The summed E-state index contributed by atoms with van der Waals surface area (Å²) in [4.78, 5) is 0. The molecule has 34 heavy (non-hydrogen) atoms. The number of ether oxygens (including phenoxy) is 1. The van der Waals surface area contributed by atoms with Crippen LogP contribution in [0.1, 0.15) is 41.2 Å². The highest BCUT2D eigenvalue weighted by Crippen LogP contribution is 2.26. The van der Waals surface area contributed by atoms with E-state index in [1.54, 1.807) is 12.1 Å². The van der Waals surface area contributed by atoms with Gasteiger partial charge in [0.25, 0.3) is 0 Å². The zero-order chi connectivity index (χ0) is 24.3. The van der Waals surface area contributed by atoms with Gasteiger partial charge in [0.1, 0.15) is 11.5 Å². The molecule has 0 aromatic heterocycles. The van der Waals surface area contributed by atoms with Crippen LogP contribution in [-0.2, 0) is 19.4 Å². The van der Waals surface area contributed by atoms with E-state index in [1.165, 1.54) is 11.6 Å². The molecule has 5 nitrogen and oxygen atoms in total. The molecule has 0 aliphatic rings. The summed E-state index contributed by atoms with van der Waals surface area (Å²) in [6.07, 6.45) is 2.80. The van der Waals surface area contributed by atoms with Crippen LogP contribution in [0.15, 0.2) is 60.7 Å². The van der Waals surface area contributed by atoms with Gasteiger partial charge in [0.15, 0.2) is 0 Å². The molecule has 0 saturated carbocycles. The van der Waals surface area contributed by atoms with Crippen LogP contribution in [0.4, 0.5) is 0 Å². The molecular formula is C27H31Cl2NO4. The first-order valence-corrected chi connectivity index (χ1v) is 12.2. The first kappa shape index (κ1) is 26.3. The first-order chi connectivity index (χ1) is 16.5. The maximum atomic E-state index is 10.3. The Morgan fingerprint density at radius 1 is 0.912 bits per heavy atom. The first-order valence-electron chi connectivity index (χ1n) is 11.4. The van der Waals surface area contributed by atoms with E-state index in [0.29, 0.717) is 40.9 Å². The van der Waals surface area contributed by atoms with Gasteiger partial charge in [-0.1, -0.05) is 47.5 Å². The Kier molecular flexibility index (Phi) is 10.5. The number of benzene rings is 3. The summed E-state index contributed by atoms with van der Waals surface area (Å²) in [6, 6.07) is 18.4. The molecule has 3 rings (SSSR count). The number of unbranched alkanes of at least 4 members (excludes halogenated alkanes) is 1. The predicted molar refractivity (Wildman–Crippen MR) is 137 cm³/mol. The van der Waals surface area contributed by atoms with Crippen LogP contribution in [0.3, 0.4) is 0 Å². The molecule has 3 aromatic rings. The van der Waals surface area contributed by atoms with Gasteiger partial charge in [-0.3, -0.25) is 0 Å². The summed E-state index contributed by atoms with van der Waals surface area (Å²) >= 11 is 12.4. The zero-order valence-corrected chi connectivity index (χ0v) is 20.5. The number of hydrogen-bond donors (Lipinski definition) is 4. The van der Waals surface area contributed by atoms with E-state index in [1.807, 2.05) is 42.5 Å². The fourth-order valence-corrected chi connectivity index (χ4v) is 4.23. The molecule has 7 heteroatoms. The van der Waals surface area contributed by atoms with E-state index in [4.69, 9.17) is 27.9 Å². The molecule has 1 atom stereocenters. The number of halogens is 2. The SMILES string of the molecule is OCc1cc(C(O)CNCCc2ccc(OCCCCc3c(Cl)cccc3Cl)cc2)ccc1O. The Hall–Kier alpha value is -2.28. The van der Waals surface area contributed by atoms with Gasteiger partial charge in [-0.05, 0) is 85.3 Å². The van der Waals surface area contributed by atoms with Crippen molar-refractivity contribution in [3.8, 4) is 11.5 Å².